The molecule has 0 saturated heterocycles. The highest BCUT2D eigenvalue weighted by Crippen LogP contribution is 2.20. The third-order valence-electron chi connectivity index (χ3n) is 3.82. The topological polar surface area (TPSA) is 20.2 Å². The van der Waals surface area contributed by atoms with Crippen LogP contribution in [-0.4, -0.2) is 11.7 Å². The third-order valence-corrected chi connectivity index (χ3v) is 3.82. The second-order valence-electron chi connectivity index (χ2n) is 5.86. The van der Waals surface area contributed by atoms with Crippen LogP contribution in [0.5, 0.6) is 0 Å². The SMILES string of the molecule is CCCCCCCCC(C)CCC(C)CCO. The minimum Gasteiger partial charge on any atom is -0.396 e. The summed E-state index contributed by atoms with van der Waals surface area (Å²) in [6.45, 7) is 7.27. The van der Waals surface area contributed by atoms with Crippen LogP contribution in [0.3, 0.4) is 0 Å². The maximum atomic E-state index is 8.85. The van der Waals surface area contributed by atoms with Crippen LogP contribution in [0.2, 0.25) is 0 Å². The molecule has 0 aromatic heterocycles. The molecule has 104 valence electrons. The molecule has 0 amide bonds. The lowest BCUT2D eigenvalue weighted by Gasteiger charge is -2.14. The van der Waals surface area contributed by atoms with E-state index in [1.165, 1.54) is 57.8 Å². The zero-order chi connectivity index (χ0) is 12.9. The van der Waals surface area contributed by atoms with Gasteiger partial charge in [0.25, 0.3) is 0 Å². The van der Waals surface area contributed by atoms with Crippen LogP contribution >= 0.6 is 0 Å². The van der Waals surface area contributed by atoms with E-state index >= 15 is 0 Å². The molecular weight excluding hydrogens is 208 g/mol. The Kier molecular flexibility index (Phi) is 12.4. The molecule has 2 unspecified atom stereocenters. The first-order valence-corrected chi connectivity index (χ1v) is 7.81. The molecule has 0 heterocycles. The van der Waals surface area contributed by atoms with Crippen molar-refractivity contribution in [3.05, 3.63) is 0 Å². The highest BCUT2D eigenvalue weighted by molar-refractivity contribution is 4.59. The summed E-state index contributed by atoms with van der Waals surface area (Å²) in [5.74, 6) is 1.58. The maximum absolute atomic E-state index is 8.85. The van der Waals surface area contributed by atoms with Gasteiger partial charge in [-0.1, -0.05) is 78.6 Å². The van der Waals surface area contributed by atoms with Gasteiger partial charge in [-0.25, -0.2) is 0 Å². The summed E-state index contributed by atoms with van der Waals surface area (Å²) in [6, 6.07) is 0. The number of aliphatic hydroxyl groups is 1. The molecule has 0 bridgehead atoms. The normalized spacial score (nSPS) is 14.8. The Morgan fingerprint density at radius 1 is 0.706 bits per heavy atom. The van der Waals surface area contributed by atoms with Crippen molar-refractivity contribution in [2.24, 2.45) is 11.8 Å². The average molecular weight is 242 g/mol. The molecule has 0 rings (SSSR count). The Morgan fingerprint density at radius 3 is 1.82 bits per heavy atom. The molecule has 0 aliphatic rings. The van der Waals surface area contributed by atoms with Gasteiger partial charge in [-0.05, 0) is 18.3 Å². The van der Waals surface area contributed by atoms with Crippen molar-refractivity contribution >= 4 is 0 Å². The molecule has 2 atom stereocenters. The summed E-state index contributed by atoms with van der Waals surface area (Å²) in [5.41, 5.74) is 0. The molecule has 0 radical (unpaired) electrons. The summed E-state index contributed by atoms with van der Waals surface area (Å²) in [7, 11) is 0. The minimum atomic E-state index is 0.354. The van der Waals surface area contributed by atoms with E-state index in [0.29, 0.717) is 12.5 Å². The van der Waals surface area contributed by atoms with Crippen LogP contribution in [-0.2, 0) is 0 Å². The van der Waals surface area contributed by atoms with Crippen molar-refractivity contribution in [3.8, 4) is 0 Å². The van der Waals surface area contributed by atoms with E-state index in [1.807, 2.05) is 0 Å². The van der Waals surface area contributed by atoms with E-state index in [0.717, 1.165) is 12.3 Å². The summed E-state index contributed by atoms with van der Waals surface area (Å²) < 4.78 is 0. The van der Waals surface area contributed by atoms with Crippen LogP contribution in [0, 0.1) is 11.8 Å². The molecule has 0 aromatic carbocycles. The van der Waals surface area contributed by atoms with Gasteiger partial charge in [0.15, 0.2) is 0 Å². The van der Waals surface area contributed by atoms with Gasteiger partial charge < -0.3 is 5.11 Å². The highest BCUT2D eigenvalue weighted by Gasteiger charge is 2.06. The number of hydrogen-bond donors (Lipinski definition) is 1. The van der Waals surface area contributed by atoms with Crippen molar-refractivity contribution in [1.29, 1.82) is 0 Å². The number of aliphatic hydroxyl groups excluding tert-OH is 1. The minimum absolute atomic E-state index is 0.354. The highest BCUT2D eigenvalue weighted by atomic mass is 16.3. The molecule has 0 aliphatic carbocycles. The van der Waals surface area contributed by atoms with E-state index in [4.69, 9.17) is 5.11 Å². The number of unbranched alkanes of at least 4 members (excludes halogenated alkanes) is 5. The molecule has 0 aromatic rings. The Hall–Kier alpha value is -0.0400. The molecule has 1 heteroatoms. The quantitative estimate of drug-likeness (QED) is 0.468. The largest absolute Gasteiger partial charge is 0.396 e. The van der Waals surface area contributed by atoms with Crippen LogP contribution in [0.1, 0.15) is 85.0 Å². The Labute approximate surface area is 109 Å². The molecule has 0 spiro atoms. The maximum Gasteiger partial charge on any atom is 0.0433 e. The molecule has 0 fully saturated rings. The monoisotopic (exact) mass is 242 g/mol. The summed E-state index contributed by atoms with van der Waals surface area (Å²) in [4.78, 5) is 0. The average Bonchev–Trinajstić information content (AvgIpc) is 2.31. The van der Waals surface area contributed by atoms with E-state index in [9.17, 15) is 0 Å². The molecule has 0 saturated carbocycles. The van der Waals surface area contributed by atoms with E-state index in [2.05, 4.69) is 20.8 Å². The number of rotatable bonds is 12. The fourth-order valence-corrected chi connectivity index (χ4v) is 2.35. The fraction of sp³-hybridized carbons (Fsp3) is 1.00. The lowest BCUT2D eigenvalue weighted by atomic mass is 9.92. The number of hydrogen-bond acceptors (Lipinski definition) is 1. The van der Waals surface area contributed by atoms with Crippen molar-refractivity contribution < 1.29 is 5.11 Å². The summed E-state index contributed by atoms with van der Waals surface area (Å²) >= 11 is 0. The van der Waals surface area contributed by atoms with Crippen molar-refractivity contribution in [2.45, 2.75) is 85.0 Å². The zero-order valence-electron chi connectivity index (χ0n) is 12.4. The molecular formula is C16H34O. The van der Waals surface area contributed by atoms with Gasteiger partial charge in [-0.3, -0.25) is 0 Å². The van der Waals surface area contributed by atoms with Crippen LogP contribution in [0.25, 0.3) is 0 Å². The van der Waals surface area contributed by atoms with Crippen molar-refractivity contribution in [1.82, 2.24) is 0 Å². The van der Waals surface area contributed by atoms with Crippen molar-refractivity contribution in [2.75, 3.05) is 6.61 Å². The van der Waals surface area contributed by atoms with Crippen LogP contribution in [0.4, 0.5) is 0 Å². The smallest absolute Gasteiger partial charge is 0.0433 e. The second kappa shape index (κ2) is 12.4. The first-order chi connectivity index (χ1) is 8.20. The zero-order valence-corrected chi connectivity index (χ0v) is 12.4. The van der Waals surface area contributed by atoms with Crippen LogP contribution < -0.4 is 0 Å². The fourth-order valence-electron chi connectivity index (χ4n) is 2.35. The van der Waals surface area contributed by atoms with Gasteiger partial charge in [0, 0.05) is 6.61 Å². The molecule has 1 nitrogen and oxygen atoms in total. The predicted octanol–water partition coefficient (Wildman–Crippen LogP) is 5.17. The standard InChI is InChI=1S/C16H34O/c1-4-5-6-7-8-9-10-15(2)11-12-16(3)13-14-17/h15-17H,4-14H2,1-3H3. The molecule has 17 heavy (non-hydrogen) atoms. The van der Waals surface area contributed by atoms with Crippen LogP contribution in [0.15, 0.2) is 0 Å². The first-order valence-electron chi connectivity index (χ1n) is 7.81. The first kappa shape index (κ1) is 17.0. The van der Waals surface area contributed by atoms with Crippen molar-refractivity contribution in [3.63, 3.8) is 0 Å². The Morgan fingerprint density at radius 2 is 1.24 bits per heavy atom. The summed E-state index contributed by atoms with van der Waals surface area (Å²) in [6.07, 6.45) is 13.5. The predicted molar refractivity (Wildman–Crippen MR) is 77.3 cm³/mol. The lowest BCUT2D eigenvalue weighted by Crippen LogP contribution is -2.02. The Bertz CT molecular complexity index is 144. The van der Waals surface area contributed by atoms with E-state index < -0.39 is 0 Å². The lowest BCUT2D eigenvalue weighted by molar-refractivity contribution is 0.252. The van der Waals surface area contributed by atoms with E-state index in [-0.39, 0.29) is 0 Å². The van der Waals surface area contributed by atoms with Gasteiger partial charge >= 0.3 is 0 Å². The Balaban J connectivity index is 3.25. The summed E-state index contributed by atoms with van der Waals surface area (Å²) in [5, 5.41) is 8.85. The second-order valence-corrected chi connectivity index (χ2v) is 5.86. The van der Waals surface area contributed by atoms with Gasteiger partial charge in [0.05, 0.1) is 0 Å². The molecule has 1 N–H and O–H groups in total. The third kappa shape index (κ3) is 12.2. The van der Waals surface area contributed by atoms with Gasteiger partial charge in [-0.15, -0.1) is 0 Å². The van der Waals surface area contributed by atoms with Gasteiger partial charge in [0.2, 0.25) is 0 Å². The van der Waals surface area contributed by atoms with Gasteiger partial charge in [-0.2, -0.15) is 0 Å². The molecule has 0 aliphatic heterocycles. The van der Waals surface area contributed by atoms with Gasteiger partial charge in [0.1, 0.15) is 0 Å². The van der Waals surface area contributed by atoms with E-state index in [1.54, 1.807) is 0 Å².